The summed E-state index contributed by atoms with van der Waals surface area (Å²) in [6, 6.07) is 13.6. The molecule has 1 aliphatic carbocycles. The zero-order valence-electron chi connectivity index (χ0n) is 30.2. The molecule has 2 amide bonds. The highest BCUT2D eigenvalue weighted by atomic mass is 32.2. The summed E-state index contributed by atoms with van der Waals surface area (Å²) in [5, 5.41) is 24.2. The standard InChI is InChI=1S/C36H46N10O5S/c1-24-10-8-9-17-44(24)35-41-40-32-16-13-26(23-45(32)35)51-30-15-14-29(27-11-6-7-12-28(27)30)38-34(47)39-33-20-31(36(2,3)4)42-46(33)25-21-37-43(22-25)18-19-50-52(5,48)49/h6-7,11-13,16,20-24,29-30H,8-10,14-15,17-19H2,1-5H3,(H2,38,39,47)/t24-,29-,30+/m0/s1. The van der Waals surface area contributed by atoms with Gasteiger partial charge in [0.25, 0.3) is 10.1 Å². The van der Waals surface area contributed by atoms with E-state index in [2.05, 4.69) is 43.8 Å². The number of rotatable bonds is 10. The Hall–Kier alpha value is -4.96. The number of amides is 2. The van der Waals surface area contributed by atoms with Crippen LogP contribution >= 0.6 is 0 Å². The molecule has 1 aromatic carbocycles. The quantitative estimate of drug-likeness (QED) is 0.175. The molecule has 7 rings (SSSR count). The minimum absolute atomic E-state index is 0.0507. The van der Waals surface area contributed by atoms with Crippen molar-refractivity contribution in [1.82, 2.24) is 39.5 Å². The Morgan fingerprint density at radius 2 is 1.83 bits per heavy atom. The molecular formula is C36H46N10O5S. The predicted molar refractivity (Wildman–Crippen MR) is 196 cm³/mol. The van der Waals surface area contributed by atoms with Crippen LogP contribution in [0, 0.1) is 0 Å². The van der Waals surface area contributed by atoms with Crippen LogP contribution in [-0.2, 0) is 26.3 Å². The van der Waals surface area contributed by atoms with Gasteiger partial charge in [-0.1, -0.05) is 45.0 Å². The van der Waals surface area contributed by atoms with E-state index in [-0.39, 0.29) is 36.7 Å². The number of fused-ring (bicyclic) bond motifs is 2. The van der Waals surface area contributed by atoms with Crippen molar-refractivity contribution in [3.8, 4) is 11.4 Å². The van der Waals surface area contributed by atoms with E-state index >= 15 is 0 Å². The maximum absolute atomic E-state index is 13.6. The molecule has 52 heavy (non-hydrogen) atoms. The molecule has 3 atom stereocenters. The maximum Gasteiger partial charge on any atom is 0.320 e. The Kier molecular flexibility index (Phi) is 9.69. The Balaban J connectivity index is 1.06. The van der Waals surface area contributed by atoms with Crippen LogP contribution in [0.2, 0.25) is 0 Å². The van der Waals surface area contributed by atoms with Crippen molar-refractivity contribution in [3.05, 3.63) is 77.9 Å². The number of ether oxygens (including phenoxy) is 1. The first kappa shape index (κ1) is 35.4. The molecule has 1 aliphatic heterocycles. The largest absolute Gasteiger partial charge is 0.484 e. The van der Waals surface area contributed by atoms with E-state index in [9.17, 15) is 13.2 Å². The van der Waals surface area contributed by atoms with Crippen molar-refractivity contribution in [2.45, 2.75) is 89.9 Å². The van der Waals surface area contributed by atoms with Crippen molar-refractivity contribution >= 4 is 33.6 Å². The fraction of sp³-hybridized carbons (Fsp3) is 0.472. The number of nitrogens with one attached hydrogen (secondary N) is 2. The van der Waals surface area contributed by atoms with E-state index in [4.69, 9.17) is 14.0 Å². The number of hydrogen-bond donors (Lipinski definition) is 2. The number of hydrogen-bond acceptors (Lipinski definition) is 10. The summed E-state index contributed by atoms with van der Waals surface area (Å²) in [6.07, 6.45) is 11.0. The molecule has 16 heteroatoms. The first-order valence-corrected chi connectivity index (χ1v) is 19.6. The maximum atomic E-state index is 13.6. The van der Waals surface area contributed by atoms with E-state index in [0.717, 1.165) is 59.8 Å². The van der Waals surface area contributed by atoms with E-state index in [1.165, 1.54) is 6.42 Å². The molecule has 2 aliphatic rings. The third-order valence-electron chi connectivity index (χ3n) is 9.64. The van der Waals surface area contributed by atoms with Gasteiger partial charge in [-0.2, -0.15) is 18.6 Å². The molecule has 0 spiro atoms. The Morgan fingerprint density at radius 1 is 1.02 bits per heavy atom. The molecule has 2 N–H and O–H groups in total. The SMILES string of the molecule is C[C@H]1CCCCN1c1nnc2ccc(O[C@@H]3CC[C@H](NC(=O)Nc4cc(C(C)(C)C)nn4-c4cnn(CCOS(C)(=O)=O)c4)c4ccccc43)cn12. The lowest BCUT2D eigenvalue weighted by atomic mass is 9.85. The number of benzene rings is 1. The molecule has 5 heterocycles. The summed E-state index contributed by atoms with van der Waals surface area (Å²) in [6.45, 7) is 9.51. The number of anilines is 2. The van der Waals surface area contributed by atoms with Gasteiger partial charge < -0.3 is 15.0 Å². The van der Waals surface area contributed by atoms with Gasteiger partial charge >= 0.3 is 6.03 Å². The van der Waals surface area contributed by atoms with Gasteiger partial charge in [-0.15, -0.1) is 10.2 Å². The van der Waals surface area contributed by atoms with E-state index in [1.807, 2.05) is 67.8 Å². The second-order valence-electron chi connectivity index (χ2n) is 14.7. The summed E-state index contributed by atoms with van der Waals surface area (Å²) in [4.78, 5) is 16.0. The van der Waals surface area contributed by atoms with Crippen LogP contribution in [0.25, 0.3) is 11.3 Å². The van der Waals surface area contributed by atoms with Crippen LogP contribution in [-0.4, -0.2) is 74.1 Å². The number of urea groups is 1. The summed E-state index contributed by atoms with van der Waals surface area (Å²) in [5.41, 5.74) is 3.91. The first-order valence-electron chi connectivity index (χ1n) is 17.7. The lowest BCUT2D eigenvalue weighted by Gasteiger charge is -2.33. The lowest BCUT2D eigenvalue weighted by molar-refractivity contribution is 0.171. The van der Waals surface area contributed by atoms with Gasteiger partial charge in [-0.3, -0.25) is 18.6 Å². The highest BCUT2D eigenvalue weighted by molar-refractivity contribution is 7.85. The molecule has 276 valence electrons. The molecule has 0 unspecified atom stereocenters. The number of nitrogens with zero attached hydrogens (tertiary/aromatic N) is 8. The third-order valence-corrected chi connectivity index (χ3v) is 10.2. The van der Waals surface area contributed by atoms with Gasteiger partial charge in [-0.25, -0.2) is 9.48 Å². The number of pyridine rings is 1. The van der Waals surface area contributed by atoms with Crippen LogP contribution in [0.3, 0.4) is 0 Å². The fourth-order valence-corrected chi connectivity index (χ4v) is 7.29. The van der Waals surface area contributed by atoms with Gasteiger partial charge in [-0.05, 0) is 62.3 Å². The first-order chi connectivity index (χ1) is 24.8. The number of carbonyl (C=O) groups excluding carboxylic acids is 1. The summed E-state index contributed by atoms with van der Waals surface area (Å²) >= 11 is 0. The second-order valence-corrected chi connectivity index (χ2v) is 16.3. The predicted octanol–water partition coefficient (Wildman–Crippen LogP) is 5.54. The van der Waals surface area contributed by atoms with Crippen LogP contribution in [0.5, 0.6) is 5.75 Å². The molecule has 4 aromatic heterocycles. The van der Waals surface area contributed by atoms with E-state index in [1.54, 1.807) is 21.8 Å². The molecular weight excluding hydrogens is 685 g/mol. The topological polar surface area (TPSA) is 163 Å². The number of carbonyl (C=O) groups is 1. The minimum atomic E-state index is -3.56. The van der Waals surface area contributed by atoms with Gasteiger partial charge in [0.2, 0.25) is 5.95 Å². The zero-order chi connectivity index (χ0) is 36.6. The summed E-state index contributed by atoms with van der Waals surface area (Å²) < 4.78 is 39.4. The van der Waals surface area contributed by atoms with Crippen molar-refractivity contribution < 1.29 is 22.1 Å². The van der Waals surface area contributed by atoms with Crippen molar-refractivity contribution in [1.29, 1.82) is 0 Å². The summed E-state index contributed by atoms with van der Waals surface area (Å²) in [7, 11) is -3.56. The average Bonchev–Trinajstić information content (AvgIpc) is 3.84. The van der Waals surface area contributed by atoms with Crippen LogP contribution in [0.15, 0.2) is 61.1 Å². The lowest BCUT2D eigenvalue weighted by Crippen LogP contribution is -2.38. The number of piperidine rings is 1. The Morgan fingerprint density at radius 3 is 2.60 bits per heavy atom. The van der Waals surface area contributed by atoms with Crippen LogP contribution in [0.1, 0.15) is 88.8 Å². The molecule has 0 radical (unpaired) electrons. The molecule has 1 saturated heterocycles. The smallest absolute Gasteiger partial charge is 0.320 e. The van der Waals surface area contributed by atoms with Crippen molar-refractivity contribution in [2.75, 3.05) is 29.6 Å². The highest BCUT2D eigenvalue weighted by Gasteiger charge is 2.31. The van der Waals surface area contributed by atoms with Crippen molar-refractivity contribution in [3.63, 3.8) is 0 Å². The average molecular weight is 731 g/mol. The van der Waals surface area contributed by atoms with Gasteiger partial charge in [0.05, 0.1) is 49.7 Å². The Bertz CT molecular complexity index is 2170. The molecule has 15 nitrogen and oxygen atoms in total. The molecule has 1 fully saturated rings. The summed E-state index contributed by atoms with van der Waals surface area (Å²) in [5.74, 6) is 2.05. The van der Waals surface area contributed by atoms with Crippen molar-refractivity contribution in [2.24, 2.45) is 0 Å². The van der Waals surface area contributed by atoms with Gasteiger partial charge in [0.1, 0.15) is 23.4 Å². The fourth-order valence-electron chi connectivity index (χ4n) is 6.92. The Labute approximate surface area is 303 Å². The van der Waals surface area contributed by atoms with Gasteiger partial charge in [0.15, 0.2) is 5.65 Å². The minimum Gasteiger partial charge on any atom is -0.484 e. The highest BCUT2D eigenvalue weighted by Crippen LogP contribution is 2.39. The van der Waals surface area contributed by atoms with Crippen LogP contribution < -0.4 is 20.3 Å². The molecule has 0 bridgehead atoms. The molecule has 5 aromatic rings. The normalized spacial score (nSPS) is 19.4. The molecule has 0 saturated carbocycles. The van der Waals surface area contributed by atoms with Gasteiger partial charge in [0, 0.05) is 24.1 Å². The second kappa shape index (κ2) is 14.2. The number of aromatic nitrogens is 7. The van der Waals surface area contributed by atoms with E-state index < -0.39 is 10.1 Å². The zero-order valence-corrected chi connectivity index (χ0v) is 31.0. The van der Waals surface area contributed by atoms with E-state index in [0.29, 0.717) is 30.4 Å². The monoisotopic (exact) mass is 730 g/mol. The van der Waals surface area contributed by atoms with Crippen LogP contribution in [0.4, 0.5) is 16.6 Å². The third kappa shape index (κ3) is 7.77.